The van der Waals surface area contributed by atoms with Gasteiger partial charge < -0.3 is 4.74 Å². The summed E-state index contributed by atoms with van der Waals surface area (Å²) in [5.74, 6) is -1.60. The molecule has 3 rings (SSSR count). The molecular weight excluding hydrogens is 372 g/mol. The monoisotopic (exact) mass is 394 g/mol. The maximum absolute atomic E-state index is 12.9. The molecule has 146 valence electrons. The van der Waals surface area contributed by atoms with Gasteiger partial charge in [-0.1, -0.05) is 18.2 Å². The molecule has 1 aromatic rings. The summed E-state index contributed by atoms with van der Waals surface area (Å²) in [5.41, 5.74) is 0. The molecule has 2 heterocycles. The van der Waals surface area contributed by atoms with Gasteiger partial charge in [-0.05, 0) is 37.8 Å². The van der Waals surface area contributed by atoms with Gasteiger partial charge in [-0.15, -0.1) is 0 Å². The van der Waals surface area contributed by atoms with Crippen LogP contribution < -0.4 is 0 Å². The predicted octanol–water partition coefficient (Wildman–Crippen LogP) is 0.922. The number of hydrogen-bond acceptors (Lipinski definition) is 6. The highest BCUT2D eigenvalue weighted by Gasteiger charge is 2.39. The Balaban J connectivity index is 1.69. The van der Waals surface area contributed by atoms with E-state index < -0.39 is 34.5 Å². The normalized spacial score (nSPS) is 21.3. The standard InChI is InChI=1S/C18H22N2O6S/c21-16-10-6-11-19(16)17(22)13-26-18(23)15-9-4-5-12-20(15)27(24,25)14-7-2-1-3-8-14/h1-3,7-8,15H,4-6,9-13H2. The first-order chi connectivity index (χ1) is 12.9. The fourth-order valence-corrected chi connectivity index (χ4v) is 5.04. The Morgan fingerprint density at radius 1 is 1.07 bits per heavy atom. The lowest BCUT2D eigenvalue weighted by molar-refractivity contribution is -0.157. The van der Waals surface area contributed by atoms with Gasteiger partial charge in [0.05, 0.1) is 4.90 Å². The number of likely N-dealkylation sites (tertiary alicyclic amines) is 1. The minimum absolute atomic E-state index is 0.114. The Morgan fingerprint density at radius 3 is 2.48 bits per heavy atom. The van der Waals surface area contributed by atoms with Crippen molar-refractivity contribution in [2.24, 2.45) is 0 Å². The molecule has 0 radical (unpaired) electrons. The molecule has 2 amide bonds. The van der Waals surface area contributed by atoms with Crippen LogP contribution in [0.2, 0.25) is 0 Å². The van der Waals surface area contributed by atoms with E-state index in [-0.39, 0.29) is 17.3 Å². The van der Waals surface area contributed by atoms with Gasteiger partial charge in [0.1, 0.15) is 6.04 Å². The lowest BCUT2D eigenvalue weighted by atomic mass is 10.1. The number of amides is 2. The van der Waals surface area contributed by atoms with Crippen LogP contribution in [0.4, 0.5) is 0 Å². The Bertz CT molecular complexity index is 824. The molecule has 0 saturated carbocycles. The Morgan fingerprint density at radius 2 is 1.81 bits per heavy atom. The van der Waals surface area contributed by atoms with Crippen molar-refractivity contribution in [3.8, 4) is 0 Å². The molecule has 0 bridgehead atoms. The molecule has 0 aromatic heterocycles. The Hall–Kier alpha value is -2.26. The molecule has 27 heavy (non-hydrogen) atoms. The maximum Gasteiger partial charge on any atom is 0.324 e. The van der Waals surface area contributed by atoms with E-state index in [1.54, 1.807) is 18.2 Å². The molecule has 0 N–H and O–H groups in total. The summed E-state index contributed by atoms with van der Waals surface area (Å²) < 4.78 is 32.0. The summed E-state index contributed by atoms with van der Waals surface area (Å²) >= 11 is 0. The number of esters is 1. The number of benzene rings is 1. The van der Waals surface area contributed by atoms with Crippen LogP contribution >= 0.6 is 0 Å². The summed E-state index contributed by atoms with van der Waals surface area (Å²) in [6.07, 6.45) is 2.59. The fourth-order valence-electron chi connectivity index (χ4n) is 3.37. The number of imide groups is 1. The first-order valence-corrected chi connectivity index (χ1v) is 10.4. The number of sulfonamides is 1. The molecule has 2 aliphatic rings. The number of piperidine rings is 1. The van der Waals surface area contributed by atoms with Crippen molar-refractivity contribution in [3.63, 3.8) is 0 Å². The van der Waals surface area contributed by atoms with Crippen molar-refractivity contribution < 1.29 is 27.5 Å². The second-order valence-electron chi connectivity index (χ2n) is 6.59. The molecule has 0 spiro atoms. The van der Waals surface area contributed by atoms with Crippen molar-refractivity contribution in [3.05, 3.63) is 30.3 Å². The number of hydrogen-bond donors (Lipinski definition) is 0. The summed E-state index contributed by atoms with van der Waals surface area (Å²) in [7, 11) is -3.84. The minimum Gasteiger partial charge on any atom is -0.454 e. The van der Waals surface area contributed by atoms with Gasteiger partial charge in [0.15, 0.2) is 6.61 Å². The van der Waals surface area contributed by atoms with Crippen LogP contribution in [0.1, 0.15) is 32.1 Å². The number of ether oxygens (including phenoxy) is 1. The van der Waals surface area contributed by atoms with E-state index in [4.69, 9.17) is 4.74 Å². The molecule has 8 nitrogen and oxygen atoms in total. The smallest absolute Gasteiger partial charge is 0.324 e. The van der Waals surface area contributed by atoms with Gasteiger partial charge in [-0.2, -0.15) is 4.31 Å². The maximum atomic E-state index is 12.9. The van der Waals surface area contributed by atoms with E-state index in [1.165, 1.54) is 12.1 Å². The third kappa shape index (κ3) is 4.19. The summed E-state index contributed by atoms with van der Waals surface area (Å²) in [6, 6.07) is 6.95. The third-order valence-corrected chi connectivity index (χ3v) is 6.71. The van der Waals surface area contributed by atoms with Crippen LogP contribution in [0.3, 0.4) is 0 Å². The van der Waals surface area contributed by atoms with E-state index in [2.05, 4.69) is 0 Å². The van der Waals surface area contributed by atoms with E-state index in [0.717, 1.165) is 9.21 Å². The lowest BCUT2D eigenvalue weighted by Crippen LogP contribution is -2.49. The highest BCUT2D eigenvalue weighted by molar-refractivity contribution is 7.89. The first-order valence-electron chi connectivity index (χ1n) is 8.98. The number of rotatable bonds is 5. The largest absolute Gasteiger partial charge is 0.454 e. The lowest BCUT2D eigenvalue weighted by Gasteiger charge is -2.33. The van der Waals surface area contributed by atoms with Crippen molar-refractivity contribution in [1.82, 2.24) is 9.21 Å². The predicted molar refractivity (Wildman–Crippen MR) is 94.9 cm³/mol. The molecular formula is C18H22N2O6S. The van der Waals surface area contributed by atoms with Gasteiger partial charge in [-0.25, -0.2) is 8.42 Å². The second kappa shape index (κ2) is 8.18. The molecule has 1 atom stereocenters. The van der Waals surface area contributed by atoms with Gasteiger partial charge in [0.25, 0.3) is 5.91 Å². The first kappa shape index (κ1) is 19.5. The van der Waals surface area contributed by atoms with Crippen molar-refractivity contribution in [2.45, 2.75) is 43.0 Å². The van der Waals surface area contributed by atoms with Crippen molar-refractivity contribution in [1.29, 1.82) is 0 Å². The highest BCUT2D eigenvalue weighted by Crippen LogP contribution is 2.26. The molecule has 1 aromatic carbocycles. The van der Waals surface area contributed by atoms with Crippen LogP contribution in [-0.2, 0) is 29.1 Å². The average molecular weight is 394 g/mol. The van der Waals surface area contributed by atoms with Gasteiger partial charge in [0, 0.05) is 19.5 Å². The van der Waals surface area contributed by atoms with Gasteiger partial charge in [-0.3, -0.25) is 19.3 Å². The average Bonchev–Trinajstić information content (AvgIpc) is 3.12. The number of carbonyl (C=O) groups excluding carboxylic acids is 3. The van der Waals surface area contributed by atoms with E-state index in [1.807, 2.05) is 0 Å². The quantitative estimate of drug-likeness (QED) is 0.689. The van der Waals surface area contributed by atoms with E-state index in [0.29, 0.717) is 38.6 Å². The van der Waals surface area contributed by atoms with Crippen LogP contribution in [0, 0.1) is 0 Å². The number of nitrogens with zero attached hydrogens (tertiary/aromatic N) is 2. The van der Waals surface area contributed by atoms with Crippen LogP contribution in [0.25, 0.3) is 0 Å². The fraction of sp³-hybridized carbons (Fsp3) is 0.500. The van der Waals surface area contributed by atoms with Crippen molar-refractivity contribution in [2.75, 3.05) is 19.7 Å². The van der Waals surface area contributed by atoms with Gasteiger partial charge in [0.2, 0.25) is 15.9 Å². The molecule has 9 heteroatoms. The zero-order valence-corrected chi connectivity index (χ0v) is 15.7. The van der Waals surface area contributed by atoms with Gasteiger partial charge >= 0.3 is 5.97 Å². The third-order valence-electron chi connectivity index (χ3n) is 4.79. The van der Waals surface area contributed by atoms with E-state index in [9.17, 15) is 22.8 Å². The zero-order chi connectivity index (χ0) is 19.4. The zero-order valence-electron chi connectivity index (χ0n) is 14.9. The molecule has 2 aliphatic heterocycles. The minimum atomic E-state index is -3.84. The topological polar surface area (TPSA) is 101 Å². The molecule has 2 saturated heterocycles. The highest BCUT2D eigenvalue weighted by atomic mass is 32.2. The number of carbonyl (C=O) groups is 3. The molecule has 2 fully saturated rings. The van der Waals surface area contributed by atoms with Crippen molar-refractivity contribution >= 4 is 27.8 Å². The second-order valence-corrected chi connectivity index (χ2v) is 8.48. The van der Waals surface area contributed by atoms with Crippen LogP contribution in [0.15, 0.2) is 35.2 Å². The summed E-state index contributed by atoms with van der Waals surface area (Å²) in [6.45, 7) is -0.0109. The molecule has 0 aliphatic carbocycles. The summed E-state index contributed by atoms with van der Waals surface area (Å²) in [4.78, 5) is 37.3. The summed E-state index contributed by atoms with van der Waals surface area (Å²) in [5, 5.41) is 0. The van der Waals surface area contributed by atoms with Crippen LogP contribution in [0.5, 0.6) is 0 Å². The molecule has 1 unspecified atom stereocenters. The van der Waals surface area contributed by atoms with Crippen LogP contribution in [-0.4, -0.2) is 61.1 Å². The Labute approximate surface area is 158 Å². The SMILES string of the molecule is O=C(OCC(=O)N1CCCC1=O)C1CCCCN1S(=O)(=O)c1ccccc1. The van der Waals surface area contributed by atoms with E-state index >= 15 is 0 Å². The Kier molecular flexibility index (Phi) is 5.91.